The van der Waals surface area contributed by atoms with Crippen LogP contribution < -0.4 is 0 Å². The molecule has 0 unspecified atom stereocenters. The summed E-state index contributed by atoms with van der Waals surface area (Å²) in [4.78, 5) is 0. The second-order valence-corrected chi connectivity index (χ2v) is 3.14. The van der Waals surface area contributed by atoms with E-state index in [1.54, 1.807) is 0 Å². The summed E-state index contributed by atoms with van der Waals surface area (Å²) >= 11 is 4.43. The van der Waals surface area contributed by atoms with Crippen LogP contribution in [0.2, 0.25) is 0 Å². The van der Waals surface area contributed by atoms with Gasteiger partial charge in [0.05, 0.1) is 0 Å². The molecule has 0 amide bonds. The van der Waals surface area contributed by atoms with Gasteiger partial charge < -0.3 is 0 Å². The van der Waals surface area contributed by atoms with E-state index < -0.39 is 28.9 Å². The molecular formula is C4H4ClF5S. The molecule has 0 heterocycles. The molecule has 0 aliphatic carbocycles. The zero-order chi connectivity index (χ0) is 9.12. The largest absolute Gasteiger partial charge is 0.464 e. The van der Waals surface area contributed by atoms with Crippen LogP contribution in [-0.4, -0.2) is 23.1 Å². The first-order valence-corrected chi connectivity index (χ1v) is 3.98. The highest BCUT2D eigenvalue weighted by atomic mass is 35.5. The summed E-state index contributed by atoms with van der Waals surface area (Å²) in [6.07, 6.45) is -5.48. The Bertz CT molecular complexity index is 122. The summed E-state index contributed by atoms with van der Waals surface area (Å²) < 4.78 is 57.8. The molecule has 0 saturated heterocycles. The standard InChI is InChI=1S/C4H4ClF5S/c5-1-2-11-4(9,10)3(6,7)8/h1-2H2. The van der Waals surface area contributed by atoms with Crippen LogP contribution in [-0.2, 0) is 0 Å². The zero-order valence-electron chi connectivity index (χ0n) is 5.09. The van der Waals surface area contributed by atoms with E-state index in [2.05, 4.69) is 0 Å². The second-order valence-electron chi connectivity index (χ2n) is 1.55. The minimum absolute atomic E-state index is 0.226. The Morgan fingerprint density at radius 3 is 1.82 bits per heavy atom. The van der Waals surface area contributed by atoms with Crippen molar-refractivity contribution in [2.75, 3.05) is 11.6 Å². The Hall–Kier alpha value is 0.290. The van der Waals surface area contributed by atoms with Gasteiger partial charge in [-0.1, -0.05) is 11.8 Å². The van der Waals surface area contributed by atoms with Crippen molar-refractivity contribution < 1.29 is 22.0 Å². The summed E-state index contributed by atoms with van der Waals surface area (Å²) in [7, 11) is 0. The van der Waals surface area contributed by atoms with Gasteiger partial charge >= 0.3 is 11.4 Å². The maximum absolute atomic E-state index is 11.9. The first kappa shape index (κ1) is 11.3. The van der Waals surface area contributed by atoms with E-state index in [4.69, 9.17) is 11.6 Å². The Morgan fingerprint density at radius 2 is 1.55 bits per heavy atom. The molecule has 0 rings (SSSR count). The normalized spacial score (nSPS) is 13.6. The van der Waals surface area contributed by atoms with Gasteiger partial charge in [0.25, 0.3) is 0 Å². The van der Waals surface area contributed by atoms with E-state index in [0.717, 1.165) is 0 Å². The van der Waals surface area contributed by atoms with Crippen LogP contribution in [0.4, 0.5) is 22.0 Å². The van der Waals surface area contributed by atoms with E-state index in [1.807, 2.05) is 0 Å². The molecule has 7 heteroatoms. The predicted molar refractivity (Wildman–Crippen MR) is 34.2 cm³/mol. The van der Waals surface area contributed by atoms with Crippen molar-refractivity contribution in [1.29, 1.82) is 0 Å². The first-order valence-electron chi connectivity index (χ1n) is 2.45. The zero-order valence-corrected chi connectivity index (χ0v) is 6.66. The summed E-state index contributed by atoms with van der Waals surface area (Å²) in [5, 5.41) is -4.68. The molecule has 0 aromatic carbocycles. The van der Waals surface area contributed by atoms with Crippen LogP contribution >= 0.6 is 23.4 Å². The molecule has 68 valence electrons. The van der Waals surface area contributed by atoms with Crippen molar-refractivity contribution in [2.24, 2.45) is 0 Å². The summed E-state index contributed by atoms with van der Waals surface area (Å²) in [5.74, 6) is -0.648. The Labute approximate surface area is 69.1 Å². The lowest BCUT2D eigenvalue weighted by molar-refractivity contribution is -0.237. The molecule has 0 aromatic heterocycles. The van der Waals surface area contributed by atoms with Crippen molar-refractivity contribution in [2.45, 2.75) is 11.4 Å². The average molecular weight is 215 g/mol. The summed E-state index contributed by atoms with van der Waals surface area (Å²) in [5.41, 5.74) is 0. The van der Waals surface area contributed by atoms with E-state index in [0.29, 0.717) is 0 Å². The fourth-order valence-electron chi connectivity index (χ4n) is 0.249. The van der Waals surface area contributed by atoms with E-state index in [9.17, 15) is 22.0 Å². The van der Waals surface area contributed by atoms with Crippen LogP contribution in [0.5, 0.6) is 0 Å². The molecule has 0 radical (unpaired) electrons. The summed E-state index contributed by atoms with van der Waals surface area (Å²) in [6.45, 7) is 0. The van der Waals surface area contributed by atoms with Gasteiger partial charge in [0.2, 0.25) is 0 Å². The molecule has 0 spiro atoms. The minimum atomic E-state index is -5.48. The number of hydrogen-bond donors (Lipinski definition) is 0. The number of rotatable bonds is 3. The monoisotopic (exact) mass is 214 g/mol. The molecule has 0 aliphatic heterocycles. The highest BCUT2D eigenvalue weighted by Crippen LogP contribution is 2.43. The fourth-order valence-corrected chi connectivity index (χ4v) is 0.977. The number of alkyl halides is 6. The molecule has 0 nitrogen and oxygen atoms in total. The number of halogens is 6. The third kappa shape index (κ3) is 3.46. The van der Waals surface area contributed by atoms with Gasteiger partial charge in [-0.2, -0.15) is 22.0 Å². The highest BCUT2D eigenvalue weighted by molar-refractivity contribution is 8.00. The first-order chi connectivity index (χ1) is 4.81. The van der Waals surface area contributed by atoms with Gasteiger partial charge in [-0.25, -0.2) is 0 Å². The third-order valence-corrected chi connectivity index (χ3v) is 2.11. The van der Waals surface area contributed by atoms with Gasteiger partial charge in [-0.3, -0.25) is 0 Å². The van der Waals surface area contributed by atoms with E-state index in [-0.39, 0.29) is 5.88 Å². The molecular weight excluding hydrogens is 211 g/mol. The van der Waals surface area contributed by atoms with Crippen LogP contribution in [0.3, 0.4) is 0 Å². The molecule has 0 aromatic rings. The summed E-state index contributed by atoms with van der Waals surface area (Å²) in [6, 6.07) is 0. The van der Waals surface area contributed by atoms with Crippen LogP contribution in [0, 0.1) is 0 Å². The van der Waals surface area contributed by atoms with Crippen LogP contribution in [0.1, 0.15) is 0 Å². The molecule has 11 heavy (non-hydrogen) atoms. The lowest BCUT2D eigenvalue weighted by atomic mass is 10.7. The lowest BCUT2D eigenvalue weighted by Crippen LogP contribution is -2.33. The van der Waals surface area contributed by atoms with Crippen LogP contribution in [0.25, 0.3) is 0 Å². The van der Waals surface area contributed by atoms with Crippen molar-refractivity contribution in [3.8, 4) is 0 Å². The van der Waals surface area contributed by atoms with Gasteiger partial charge in [-0.05, 0) is 0 Å². The van der Waals surface area contributed by atoms with E-state index in [1.165, 1.54) is 0 Å². The van der Waals surface area contributed by atoms with E-state index >= 15 is 0 Å². The Balaban J connectivity index is 4.00. The molecule has 0 bridgehead atoms. The van der Waals surface area contributed by atoms with Gasteiger partial charge in [0.1, 0.15) is 0 Å². The highest BCUT2D eigenvalue weighted by Gasteiger charge is 2.57. The topological polar surface area (TPSA) is 0 Å². The maximum Gasteiger partial charge on any atom is 0.464 e. The molecule has 0 atom stereocenters. The predicted octanol–water partition coefficient (Wildman–Crippen LogP) is 3.11. The molecule has 0 aliphatic rings. The quantitative estimate of drug-likeness (QED) is 0.514. The van der Waals surface area contributed by atoms with Crippen molar-refractivity contribution in [3.63, 3.8) is 0 Å². The SMILES string of the molecule is FC(F)(F)C(F)(F)SCCCl. The van der Waals surface area contributed by atoms with Gasteiger partial charge in [-0.15, -0.1) is 11.6 Å². The van der Waals surface area contributed by atoms with Crippen molar-refractivity contribution in [3.05, 3.63) is 0 Å². The van der Waals surface area contributed by atoms with Crippen molar-refractivity contribution >= 4 is 23.4 Å². The van der Waals surface area contributed by atoms with Crippen molar-refractivity contribution in [1.82, 2.24) is 0 Å². The Morgan fingerprint density at radius 1 is 1.09 bits per heavy atom. The average Bonchev–Trinajstić information content (AvgIpc) is 1.81. The number of thioether (sulfide) groups is 1. The maximum atomic E-state index is 11.9. The lowest BCUT2D eigenvalue weighted by Gasteiger charge is -2.17. The molecule has 0 fully saturated rings. The third-order valence-electron chi connectivity index (χ3n) is 0.691. The van der Waals surface area contributed by atoms with Gasteiger partial charge in [0.15, 0.2) is 0 Å². The molecule has 0 N–H and O–H groups in total. The van der Waals surface area contributed by atoms with Gasteiger partial charge in [0, 0.05) is 11.6 Å². The van der Waals surface area contributed by atoms with Crippen LogP contribution in [0.15, 0.2) is 0 Å². The molecule has 0 saturated carbocycles. The second kappa shape index (κ2) is 3.80. The Kier molecular flexibility index (Phi) is 3.90. The smallest absolute Gasteiger partial charge is 0.184 e. The number of hydrogen-bond acceptors (Lipinski definition) is 1. The fraction of sp³-hybridized carbons (Fsp3) is 1.00. The minimum Gasteiger partial charge on any atom is -0.184 e.